The molecule has 5 nitrogen and oxygen atoms in total. The first-order valence-corrected chi connectivity index (χ1v) is 9.25. The van der Waals surface area contributed by atoms with Gasteiger partial charge in [-0.05, 0) is 56.8 Å². The Kier molecular flexibility index (Phi) is 7.00. The lowest BCUT2D eigenvalue weighted by molar-refractivity contribution is -0.135. The molecule has 0 unspecified atom stereocenters. The standard InChI is InChI=1S/C20H31N3O2/c1-5-17-8-6-7-11-23(17)14-20(25)22(4)13-19(24)21-18-12-15(2)9-10-16(18)3/h9-10,12,17H,5-8,11,13-14H2,1-4H3,(H,21,24)/t17-/m0/s1. The summed E-state index contributed by atoms with van der Waals surface area (Å²) in [6.45, 7) is 7.60. The van der Waals surface area contributed by atoms with Crippen molar-refractivity contribution in [2.24, 2.45) is 0 Å². The van der Waals surface area contributed by atoms with Crippen molar-refractivity contribution >= 4 is 17.5 Å². The molecule has 0 saturated carbocycles. The third-order valence-corrected chi connectivity index (χ3v) is 5.03. The first-order chi connectivity index (χ1) is 11.9. The Bertz CT molecular complexity index is 615. The van der Waals surface area contributed by atoms with E-state index in [2.05, 4.69) is 17.1 Å². The summed E-state index contributed by atoms with van der Waals surface area (Å²) in [6, 6.07) is 6.45. The van der Waals surface area contributed by atoms with Crippen LogP contribution in [0.2, 0.25) is 0 Å². The Hall–Kier alpha value is -1.88. The average Bonchev–Trinajstić information content (AvgIpc) is 2.58. The van der Waals surface area contributed by atoms with Crippen LogP contribution in [0.4, 0.5) is 5.69 Å². The van der Waals surface area contributed by atoms with Gasteiger partial charge in [0.25, 0.3) is 0 Å². The van der Waals surface area contributed by atoms with Gasteiger partial charge < -0.3 is 10.2 Å². The molecule has 0 aliphatic carbocycles. The number of likely N-dealkylation sites (N-methyl/N-ethyl adjacent to an activating group) is 1. The van der Waals surface area contributed by atoms with Crippen molar-refractivity contribution in [2.45, 2.75) is 52.5 Å². The van der Waals surface area contributed by atoms with E-state index in [1.54, 1.807) is 7.05 Å². The largest absolute Gasteiger partial charge is 0.335 e. The van der Waals surface area contributed by atoms with Crippen molar-refractivity contribution in [3.05, 3.63) is 29.3 Å². The zero-order valence-electron chi connectivity index (χ0n) is 16.0. The summed E-state index contributed by atoms with van der Waals surface area (Å²) in [7, 11) is 1.70. The summed E-state index contributed by atoms with van der Waals surface area (Å²) in [5, 5.41) is 2.91. The Morgan fingerprint density at radius 2 is 2.04 bits per heavy atom. The van der Waals surface area contributed by atoms with Crippen molar-refractivity contribution in [3.8, 4) is 0 Å². The molecule has 0 spiro atoms. The van der Waals surface area contributed by atoms with Gasteiger partial charge in [0.05, 0.1) is 13.1 Å². The molecule has 1 heterocycles. The highest BCUT2D eigenvalue weighted by Crippen LogP contribution is 2.19. The molecular weight excluding hydrogens is 314 g/mol. The highest BCUT2D eigenvalue weighted by molar-refractivity contribution is 5.95. The molecule has 25 heavy (non-hydrogen) atoms. The molecular formula is C20H31N3O2. The molecule has 0 bridgehead atoms. The number of hydrogen-bond acceptors (Lipinski definition) is 3. The fraction of sp³-hybridized carbons (Fsp3) is 0.600. The van der Waals surface area contributed by atoms with Crippen LogP contribution in [0.1, 0.15) is 43.7 Å². The number of anilines is 1. The number of aryl methyl sites for hydroxylation is 2. The Labute approximate surface area is 151 Å². The topological polar surface area (TPSA) is 52.7 Å². The number of piperidine rings is 1. The maximum atomic E-state index is 12.5. The van der Waals surface area contributed by atoms with Gasteiger partial charge in [0, 0.05) is 18.8 Å². The zero-order chi connectivity index (χ0) is 18.4. The van der Waals surface area contributed by atoms with E-state index >= 15 is 0 Å². The molecule has 0 radical (unpaired) electrons. The van der Waals surface area contributed by atoms with Crippen molar-refractivity contribution in [2.75, 3.05) is 32.0 Å². The molecule has 1 aromatic carbocycles. The van der Waals surface area contributed by atoms with Crippen molar-refractivity contribution in [3.63, 3.8) is 0 Å². The molecule has 138 valence electrons. The average molecular weight is 345 g/mol. The van der Waals surface area contributed by atoms with Gasteiger partial charge in [-0.15, -0.1) is 0 Å². The number of rotatable bonds is 6. The number of hydrogen-bond donors (Lipinski definition) is 1. The molecule has 2 rings (SSSR count). The number of benzene rings is 1. The van der Waals surface area contributed by atoms with Crippen molar-refractivity contribution in [1.29, 1.82) is 0 Å². The van der Waals surface area contributed by atoms with Gasteiger partial charge in [0.1, 0.15) is 0 Å². The molecule has 1 saturated heterocycles. The second kappa shape index (κ2) is 8.99. The van der Waals surface area contributed by atoms with E-state index in [0.717, 1.165) is 36.2 Å². The van der Waals surface area contributed by atoms with E-state index in [4.69, 9.17) is 0 Å². The Balaban J connectivity index is 1.87. The van der Waals surface area contributed by atoms with Crippen molar-refractivity contribution < 1.29 is 9.59 Å². The molecule has 1 atom stereocenters. The first kappa shape index (κ1) is 19.4. The number of nitrogens with zero attached hydrogens (tertiary/aromatic N) is 2. The summed E-state index contributed by atoms with van der Waals surface area (Å²) in [6.07, 6.45) is 4.64. The smallest absolute Gasteiger partial charge is 0.243 e. The van der Waals surface area contributed by atoms with Crippen LogP contribution in [0.3, 0.4) is 0 Å². The third-order valence-electron chi connectivity index (χ3n) is 5.03. The van der Waals surface area contributed by atoms with Crippen LogP contribution in [0.5, 0.6) is 0 Å². The van der Waals surface area contributed by atoms with E-state index in [1.807, 2.05) is 32.0 Å². The van der Waals surface area contributed by atoms with Gasteiger partial charge in [-0.3, -0.25) is 14.5 Å². The molecule has 1 N–H and O–H groups in total. The lowest BCUT2D eigenvalue weighted by Crippen LogP contribution is -2.47. The van der Waals surface area contributed by atoms with E-state index in [1.165, 1.54) is 17.7 Å². The third kappa shape index (κ3) is 5.56. The van der Waals surface area contributed by atoms with Gasteiger partial charge in [-0.2, -0.15) is 0 Å². The normalized spacial score (nSPS) is 18.0. The molecule has 2 amide bonds. The summed E-state index contributed by atoms with van der Waals surface area (Å²) in [5.74, 6) is -0.147. The van der Waals surface area contributed by atoms with E-state index in [0.29, 0.717) is 12.6 Å². The number of carbonyl (C=O) groups is 2. The van der Waals surface area contributed by atoms with E-state index < -0.39 is 0 Å². The van der Waals surface area contributed by atoms with Gasteiger partial charge in [0.2, 0.25) is 11.8 Å². The summed E-state index contributed by atoms with van der Waals surface area (Å²) in [4.78, 5) is 28.6. The second-order valence-electron chi connectivity index (χ2n) is 7.14. The van der Waals surface area contributed by atoms with Crippen LogP contribution < -0.4 is 5.32 Å². The highest BCUT2D eigenvalue weighted by atomic mass is 16.2. The number of likely N-dealkylation sites (tertiary alicyclic amines) is 1. The molecule has 1 aromatic rings. The van der Waals surface area contributed by atoms with Gasteiger partial charge >= 0.3 is 0 Å². The van der Waals surface area contributed by atoms with Crippen LogP contribution in [0.25, 0.3) is 0 Å². The zero-order valence-corrected chi connectivity index (χ0v) is 16.0. The lowest BCUT2D eigenvalue weighted by atomic mass is 10.00. The molecule has 1 aliphatic rings. The molecule has 1 fully saturated rings. The Morgan fingerprint density at radius 3 is 2.76 bits per heavy atom. The second-order valence-corrected chi connectivity index (χ2v) is 7.14. The summed E-state index contributed by atoms with van der Waals surface area (Å²) >= 11 is 0. The molecule has 1 aliphatic heterocycles. The SMILES string of the molecule is CC[C@H]1CCCCN1CC(=O)N(C)CC(=O)Nc1cc(C)ccc1C. The minimum Gasteiger partial charge on any atom is -0.335 e. The van der Waals surface area contributed by atoms with Crippen LogP contribution in [-0.4, -0.2) is 54.3 Å². The number of carbonyl (C=O) groups excluding carboxylic acids is 2. The Morgan fingerprint density at radius 1 is 1.28 bits per heavy atom. The van der Waals surface area contributed by atoms with Crippen LogP contribution in [0, 0.1) is 13.8 Å². The predicted molar refractivity (Wildman–Crippen MR) is 102 cm³/mol. The van der Waals surface area contributed by atoms with Crippen LogP contribution in [-0.2, 0) is 9.59 Å². The highest BCUT2D eigenvalue weighted by Gasteiger charge is 2.24. The van der Waals surface area contributed by atoms with Gasteiger partial charge in [-0.25, -0.2) is 0 Å². The monoisotopic (exact) mass is 345 g/mol. The maximum absolute atomic E-state index is 12.5. The van der Waals surface area contributed by atoms with E-state index in [9.17, 15) is 9.59 Å². The molecule has 0 aromatic heterocycles. The van der Waals surface area contributed by atoms with Crippen LogP contribution >= 0.6 is 0 Å². The minimum atomic E-state index is -0.157. The fourth-order valence-electron chi connectivity index (χ4n) is 3.39. The first-order valence-electron chi connectivity index (χ1n) is 9.25. The van der Waals surface area contributed by atoms with E-state index in [-0.39, 0.29) is 18.4 Å². The van der Waals surface area contributed by atoms with Gasteiger partial charge in [-0.1, -0.05) is 25.5 Å². The lowest BCUT2D eigenvalue weighted by Gasteiger charge is -2.35. The van der Waals surface area contributed by atoms with Crippen LogP contribution in [0.15, 0.2) is 18.2 Å². The fourth-order valence-corrected chi connectivity index (χ4v) is 3.39. The van der Waals surface area contributed by atoms with Crippen molar-refractivity contribution in [1.82, 2.24) is 9.80 Å². The number of amides is 2. The number of nitrogens with one attached hydrogen (secondary N) is 1. The van der Waals surface area contributed by atoms with Gasteiger partial charge in [0.15, 0.2) is 0 Å². The quantitative estimate of drug-likeness (QED) is 0.862. The summed E-state index contributed by atoms with van der Waals surface area (Å²) < 4.78 is 0. The minimum absolute atomic E-state index is 0.0106. The molecule has 5 heteroatoms. The maximum Gasteiger partial charge on any atom is 0.243 e. The predicted octanol–water partition coefficient (Wildman–Crippen LogP) is 2.96. The summed E-state index contributed by atoms with van der Waals surface area (Å²) in [5.41, 5.74) is 2.93.